The second kappa shape index (κ2) is 9.86. The van der Waals surface area contributed by atoms with E-state index in [1.54, 1.807) is 17.0 Å². The zero-order chi connectivity index (χ0) is 16.8. The van der Waals surface area contributed by atoms with Crippen molar-refractivity contribution in [3.8, 4) is 0 Å². The van der Waals surface area contributed by atoms with Gasteiger partial charge in [-0.3, -0.25) is 14.9 Å². The number of carbonyl (C=O) groups is 1. The van der Waals surface area contributed by atoms with Crippen molar-refractivity contribution in [2.75, 3.05) is 32.9 Å². The SMILES string of the molecule is CNCCC1CCN(C(=O)c2cc(SC)ccc2[N+](=O)[O-])CC1.Cl. The maximum Gasteiger partial charge on any atom is 0.282 e. The number of benzene rings is 1. The van der Waals surface area contributed by atoms with Gasteiger partial charge in [-0.2, -0.15) is 0 Å². The van der Waals surface area contributed by atoms with Crippen LogP contribution in [0, 0.1) is 16.0 Å². The van der Waals surface area contributed by atoms with Crippen molar-refractivity contribution in [2.45, 2.75) is 24.2 Å². The Balaban J connectivity index is 0.00000288. The summed E-state index contributed by atoms with van der Waals surface area (Å²) < 4.78 is 0. The number of nitro groups is 1. The molecule has 8 heteroatoms. The van der Waals surface area contributed by atoms with Crippen molar-refractivity contribution in [3.63, 3.8) is 0 Å². The molecular formula is C16H24ClN3O3S. The average molecular weight is 374 g/mol. The van der Waals surface area contributed by atoms with E-state index in [4.69, 9.17) is 0 Å². The lowest BCUT2D eigenvalue weighted by molar-refractivity contribution is -0.385. The van der Waals surface area contributed by atoms with Gasteiger partial charge < -0.3 is 10.2 Å². The van der Waals surface area contributed by atoms with Crippen LogP contribution in [0.5, 0.6) is 0 Å². The van der Waals surface area contributed by atoms with Crippen molar-refractivity contribution in [1.29, 1.82) is 0 Å². The number of nitrogens with zero attached hydrogens (tertiary/aromatic N) is 2. The minimum atomic E-state index is -0.475. The second-order valence-corrected chi connectivity index (χ2v) is 6.65. The van der Waals surface area contributed by atoms with Crippen LogP contribution in [0.15, 0.2) is 23.1 Å². The number of carbonyl (C=O) groups excluding carboxylic acids is 1. The zero-order valence-corrected chi connectivity index (χ0v) is 15.6. The molecule has 0 aliphatic carbocycles. The Kier molecular flexibility index (Phi) is 8.52. The van der Waals surface area contributed by atoms with Crippen molar-refractivity contribution < 1.29 is 9.72 Å². The Morgan fingerprint density at radius 1 is 1.42 bits per heavy atom. The fourth-order valence-electron chi connectivity index (χ4n) is 2.92. The molecule has 6 nitrogen and oxygen atoms in total. The smallest absolute Gasteiger partial charge is 0.282 e. The van der Waals surface area contributed by atoms with Crippen LogP contribution in [0.2, 0.25) is 0 Å². The highest BCUT2D eigenvalue weighted by Gasteiger charge is 2.28. The molecule has 0 saturated carbocycles. The van der Waals surface area contributed by atoms with Crippen LogP contribution in [-0.2, 0) is 0 Å². The summed E-state index contributed by atoms with van der Waals surface area (Å²) in [4.78, 5) is 26.1. The Morgan fingerprint density at radius 2 is 2.08 bits per heavy atom. The lowest BCUT2D eigenvalue weighted by Crippen LogP contribution is -2.39. The third-order valence-electron chi connectivity index (χ3n) is 4.34. The van der Waals surface area contributed by atoms with Crippen molar-refractivity contribution in [1.82, 2.24) is 10.2 Å². The van der Waals surface area contributed by atoms with E-state index in [2.05, 4.69) is 5.32 Å². The van der Waals surface area contributed by atoms with Gasteiger partial charge in [0, 0.05) is 24.1 Å². The lowest BCUT2D eigenvalue weighted by atomic mass is 9.93. The summed E-state index contributed by atoms with van der Waals surface area (Å²) in [6.07, 6.45) is 4.93. The normalized spacial score (nSPS) is 15.0. The fourth-order valence-corrected chi connectivity index (χ4v) is 3.36. The van der Waals surface area contributed by atoms with Gasteiger partial charge in [-0.1, -0.05) is 0 Å². The molecule has 1 fully saturated rings. The molecule has 1 aromatic rings. The molecule has 24 heavy (non-hydrogen) atoms. The van der Waals surface area contributed by atoms with E-state index in [0.717, 1.165) is 30.7 Å². The summed E-state index contributed by atoms with van der Waals surface area (Å²) in [7, 11) is 1.94. The minimum Gasteiger partial charge on any atom is -0.338 e. The van der Waals surface area contributed by atoms with E-state index < -0.39 is 4.92 Å². The van der Waals surface area contributed by atoms with Gasteiger partial charge in [-0.15, -0.1) is 24.2 Å². The van der Waals surface area contributed by atoms with Gasteiger partial charge in [0.25, 0.3) is 11.6 Å². The Labute approximate surface area is 152 Å². The summed E-state index contributed by atoms with van der Waals surface area (Å²) in [5, 5.41) is 14.3. The molecule has 134 valence electrons. The maximum absolute atomic E-state index is 12.7. The molecule has 1 N–H and O–H groups in total. The largest absolute Gasteiger partial charge is 0.338 e. The van der Waals surface area contributed by atoms with E-state index >= 15 is 0 Å². The zero-order valence-electron chi connectivity index (χ0n) is 14.0. The lowest BCUT2D eigenvalue weighted by Gasteiger charge is -2.32. The van der Waals surface area contributed by atoms with Crippen LogP contribution in [0.3, 0.4) is 0 Å². The molecule has 0 radical (unpaired) electrons. The first-order valence-electron chi connectivity index (χ1n) is 7.83. The minimum absolute atomic E-state index is 0. The number of nitro benzene ring substituents is 1. The van der Waals surface area contributed by atoms with E-state index in [0.29, 0.717) is 19.0 Å². The van der Waals surface area contributed by atoms with Crippen LogP contribution < -0.4 is 5.32 Å². The predicted octanol–water partition coefficient (Wildman–Crippen LogP) is 3.20. The number of amides is 1. The van der Waals surface area contributed by atoms with Crippen LogP contribution in [-0.4, -0.2) is 48.7 Å². The Hall–Kier alpha value is -1.31. The summed E-state index contributed by atoms with van der Waals surface area (Å²) in [5.74, 6) is 0.402. The van der Waals surface area contributed by atoms with Crippen LogP contribution >= 0.6 is 24.2 Å². The molecule has 1 heterocycles. The van der Waals surface area contributed by atoms with Gasteiger partial charge in [0.2, 0.25) is 0 Å². The third kappa shape index (κ3) is 5.09. The molecule has 0 atom stereocenters. The van der Waals surface area contributed by atoms with E-state index in [9.17, 15) is 14.9 Å². The molecule has 2 rings (SSSR count). The number of hydrogen-bond acceptors (Lipinski definition) is 5. The topological polar surface area (TPSA) is 75.5 Å². The highest BCUT2D eigenvalue weighted by Crippen LogP contribution is 2.28. The van der Waals surface area contributed by atoms with Gasteiger partial charge in [-0.05, 0) is 57.2 Å². The average Bonchev–Trinajstić information content (AvgIpc) is 2.59. The molecular weight excluding hydrogens is 350 g/mol. The predicted molar refractivity (Wildman–Crippen MR) is 99.3 cm³/mol. The summed E-state index contributed by atoms with van der Waals surface area (Å²) in [6, 6.07) is 4.75. The van der Waals surface area contributed by atoms with E-state index in [1.807, 2.05) is 13.3 Å². The first-order valence-corrected chi connectivity index (χ1v) is 9.05. The molecule has 1 aliphatic rings. The first kappa shape index (κ1) is 20.7. The maximum atomic E-state index is 12.7. The van der Waals surface area contributed by atoms with Gasteiger partial charge in [0.1, 0.15) is 5.56 Å². The number of nitrogens with one attached hydrogen (secondary N) is 1. The highest BCUT2D eigenvalue weighted by atomic mass is 35.5. The molecule has 0 aromatic heterocycles. The molecule has 1 amide bonds. The molecule has 1 aromatic carbocycles. The first-order chi connectivity index (χ1) is 11.1. The molecule has 0 bridgehead atoms. The van der Waals surface area contributed by atoms with Gasteiger partial charge >= 0.3 is 0 Å². The number of halogens is 1. The Bertz CT molecular complexity index is 578. The second-order valence-electron chi connectivity index (χ2n) is 5.77. The number of hydrogen-bond donors (Lipinski definition) is 1. The number of rotatable bonds is 6. The highest BCUT2D eigenvalue weighted by molar-refractivity contribution is 7.98. The standard InChI is InChI=1S/C16H23N3O3S.ClH/c1-17-8-5-12-6-9-18(10-7-12)16(20)14-11-13(23-2)3-4-15(14)19(21)22;/h3-4,11-12,17H,5-10H2,1-2H3;1H. The molecule has 0 unspecified atom stereocenters. The molecule has 0 spiro atoms. The van der Waals surface area contributed by atoms with Crippen molar-refractivity contribution in [2.24, 2.45) is 5.92 Å². The summed E-state index contributed by atoms with van der Waals surface area (Å²) in [5.41, 5.74) is 0.0978. The number of thioether (sulfide) groups is 1. The quantitative estimate of drug-likeness (QED) is 0.470. The van der Waals surface area contributed by atoms with Crippen molar-refractivity contribution in [3.05, 3.63) is 33.9 Å². The van der Waals surface area contributed by atoms with Crippen LogP contribution in [0.25, 0.3) is 0 Å². The van der Waals surface area contributed by atoms with E-state index in [1.165, 1.54) is 17.8 Å². The number of piperidine rings is 1. The summed E-state index contributed by atoms with van der Waals surface area (Å²) >= 11 is 1.48. The van der Waals surface area contributed by atoms with Gasteiger partial charge in [0.05, 0.1) is 4.92 Å². The van der Waals surface area contributed by atoms with Gasteiger partial charge in [0.15, 0.2) is 0 Å². The van der Waals surface area contributed by atoms with E-state index in [-0.39, 0.29) is 29.6 Å². The Morgan fingerprint density at radius 3 is 2.62 bits per heavy atom. The van der Waals surface area contributed by atoms with Gasteiger partial charge in [-0.25, -0.2) is 0 Å². The number of likely N-dealkylation sites (tertiary alicyclic amines) is 1. The van der Waals surface area contributed by atoms with Crippen LogP contribution in [0.1, 0.15) is 29.6 Å². The van der Waals surface area contributed by atoms with Crippen molar-refractivity contribution >= 4 is 35.8 Å². The van der Waals surface area contributed by atoms with Crippen LogP contribution in [0.4, 0.5) is 5.69 Å². The summed E-state index contributed by atoms with van der Waals surface area (Å²) in [6.45, 7) is 2.33. The monoisotopic (exact) mass is 373 g/mol. The fraction of sp³-hybridized carbons (Fsp3) is 0.562. The molecule has 1 saturated heterocycles. The third-order valence-corrected chi connectivity index (χ3v) is 5.06. The molecule has 1 aliphatic heterocycles.